The second-order valence-corrected chi connectivity index (χ2v) is 5.17. The first-order chi connectivity index (χ1) is 8.15. The van der Waals surface area contributed by atoms with Gasteiger partial charge in [-0.2, -0.15) is 0 Å². The van der Waals surface area contributed by atoms with E-state index in [9.17, 15) is 0 Å². The van der Waals surface area contributed by atoms with Gasteiger partial charge in [-0.15, -0.1) is 0 Å². The maximum absolute atomic E-state index is 5.82. The van der Waals surface area contributed by atoms with Crippen molar-refractivity contribution in [1.29, 1.82) is 0 Å². The number of benzene rings is 1. The minimum atomic E-state index is 0.0884. The Balaban J connectivity index is 2.47. The number of hydrogen-bond acceptors (Lipinski definition) is 3. The molecule has 0 amide bonds. The fourth-order valence-corrected chi connectivity index (χ4v) is 2.80. The Bertz CT molecular complexity index is 414. The first-order valence-corrected chi connectivity index (χ1v) is 6.60. The normalized spacial score (nSPS) is 20.4. The second-order valence-electron chi connectivity index (χ2n) is 4.31. The highest BCUT2D eigenvalue weighted by Crippen LogP contribution is 2.37. The smallest absolute Gasteiger partial charge is 0.129 e. The first-order valence-electron chi connectivity index (χ1n) is 5.81. The minimum Gasteiger partial charge on any atom is -0.496 e. The van der Waals surface area contributed by atoms with Crippen LogP contribution in [0.3, 0.4) is 0 Å². The molecule has 1 aromatic rings. The van der Waals surface area contributed by atoms with Crippen molar-refractivity contribution < 1.29 is 9.47 Å². The van der Waals surface area contributed by atoms with Crippen LogP contribution in [-0.2, 0) is 4.74 Å². The molecule has 1 atom stereocenters. The molecule has 3 nitrogen and oxygen atoms in total. The largest absolute Gasteiger partial charge is 0.496 e. The zero-order valence-corrected chi connectivity index (χ0v) is 12.1. The lowest BCUT2D eigenvalue weighted by Crippen LogP contribution is -2.34. The van der Waals surface area contributed by atoms with Crippen LogP contribution in [0.4, 0.5) is 0 Å². The molecule has 1 aliphatic heterocycles. The number of morpholine rings is 1. The van der Waals surface area contributed by atoms with Crippen molar-refractivity contribution in [2.45, 2.75) is 20.0 Å². The van der Waals surface area contributed by atoms with Gasteiger partial charge >= 0.3 is 0 Å². The van der Waals surface area contributed by atoms with Gasteiger partial charge in [-0.3, -0.25) is 0 Å². The lowest BCUT2D eigenvalue weighted by Gasteiger charge is -2.27. The van der Waals surface area contributed by atoms with Gasteiger partial charge in [-0.05, 0) is 25.5 Å². The van der Waals surface area contributed by atoms with E-state index in [0.717, 1.165) is 35.5 Å². The molecule has 0 aromatic heterocycles. The van der Waals surface area contributed by atoms with Gasteiger partial charge in [0.25, 0.3) is 0 Å². The number of rotatable bonds is 2. The number of aryl methyl sites for hydroxylation is 1. The van der Waals surface area contributed by atoms with Crippen LogP contribution in [0.1, 0.15) is 22.8 Å². The van der Waals surface area contributed by atoms with Gasteiger partial charge in [-0.25, -0.2) is 0 Å². The maximum Gasteiger partial charge on any atom is 0.129 e. The van der Waals surface area contributed by atoms with Crippen molar-refractivity contribution in [2.24, 2.45) is 0 Å². The molecule has 0 aliphatic carbocycles. The lowest BCUT2D eigenvalue weighted by atomic mass is 9.98. The fourth-order valence-electron chi connectivity index (χ4n) is 2.28. The number of ether oxygens (including phenoxy) is 2. The SMILES string of the molecule is COc1c(C)c(Br)cc(C)c1C1CNCCO1. The summed E-state index contributed by atoms with van der Waals surface area (Å²) in [5.41, 5.74) is 3.50. The van der Waals surface area contributed by atoms with Crippen molar-refractivity contribution in [3.63, 3.8) is 0 Å². The molecule has 2 rings (SSSR count). The molecule has 1 fully saturated rings. The Morgan fingerprint density at radius 3 is 2.82 bits per heavy atom. The van der Waals surface area contributed by atoms with Crippen molar-refractivity contribution in [3.05, 3.63) is 27.2 Å². The van der Waals surface area contributed by atoms with Crippen LogP contribution in [0.25, 0.3) is 0 Å². The van der Waals surface area contributed by atoms with Gasteiger partial charge in [0.05, 0.1) is 19.8 Å². The molecule has 4 heteroatoms. The number of nitrogens with one attached hydrogen (secondary N) is 1. The molecule has 1 saturated heterocycles. The number of methoxy groups -OCH3 is 1. The predicted octanol–water partition coefficient (Wildman–Crippen LogP) is 2.74. The van der Waals surface area contributed by atoms with E-state index in [2.05, 4.69) is 41.2 Å². The summed E-state index contributed by atoms with van der Waals surface area (Å²) in [5.74, 6) is 0.936. The fraction of sp³-hybridized carbons (Fsp3) is 0.538. The van der Waals surface area contributed by atoms with Gasteiger partial charge in [0, 0.05) is 28.7 Å². The van der Waals surface area contributed by atoms with Crippen LogP contribution in [0.15, 0.2) is 10.5 Å². The summed E-state index contributed by atoms with van der Waals surface area (Å²) >= 11 is 3.56. The summed E-state index contributed by atoms with van der Waals surface area (Å²) in [5, 5.41) is 3.35. The zero-order valence-electron chi connectivity index (χ0n) is 10.5. The van der Waals surface area contributed by atoms with Gasteiger partial charge in [0.1, 0.15) is 5.75 Å². The standard InChI is InChI=1S/C13H18BrNO2/c1-8-6-10(14)9(2)13(16-3)12(8)11-7-15-4-5-17-11/h6,11,15H,4-5,7H2,1-3H3. The molecular formula is C13H18BrNO2. The van der Waals surface area contributed by atoms with E-state index in [-0.39, 0.29) is 6.10 Å². The Hall–Kier alpha value is -0.580. The summed E-state index contributed by atoms with van der Waals surface area (Å²) in [4.78, 5) is 0. The van der Waals surface area contributed by atoms with E-state index in [0.29, 0.717) is 0 Å². The van der Waals surface area contributed by atoms with Crippen molar-refractivity contribution in [1.82, 2.24) is 5.32 Å². The van der Waals surface area contributed by atoms with Crippen LogP contribution in [0.2, 0.25) is 0 Å². The molecule has 1 aromatic carbocycles. The van der Waals surface area contributed by atoms with E-state index < -0.39 is 0 Å². The van der Waals surface area contributed by atoms with E-state index in [1.54, 1.807) is 7.11 Å². The maximum atomic E-state index is 5.82. The van der Waals surface area contributed by atoms with Crippen LogP contribution in [0.5, 0.6) is 5.75 Å². The molecule has 0 radical (unpaired) electrons. The monoisotopic (exact) mass is 299 g/mol. The van der Waals surface area contributed by atoms with Crippen molar-refractivity contribution >= 4 is 15.9 Å². The van der Waals surface area contributed by atoms with Crippen molar-refractivity contribution in [3.8, 4) is 5.75 Å². The minimum absolute atomic E-state index is 0.0884. The van der Waals surface area contributed by atoms with E-state index >= 15 is 0 Å². The summed E-state index contributed by atoms with van der Waals surface area (Å²) in [6, 6.07) is 2.13. The Kier molecular flexibility index (Phi) is 4.07. The molecule has 1 N–H and O–H groups in total. The van der Waals surface area contributed by atoms with E-state index in [1.165, 1.54) is 11.1 Å². The quantitative estimate of drug-likeness (QED) is 0.911. The molecular weight excluding hydrogens is 282 g/mol. The predicted molar refractivity (Wildman–Crippen MR) is 71.7 cm³/mol. The summed E-state index contributed by atoms with van der Waals surface area (Å²) in [6.07, 6.45) is 0.0884. The molecule has 0 spiro atoms. The highest BCUT2D eigenvalue weighted by molar-refractivity contribution is 9.10. The van der Waals surface area contributed by atoms with E-state index in [4.69, 9.17) is 9.47 Å². The lowest BCUT2D eigenvalue weighted by molar-refractivity contribution is 0.0258. The average molecular weight is 300 g/mol. The van der Waals surface area contributed by atoms with Crippen LogP contribution in [-0.4, -0.2) is 26.8 Å². The Labute approximate surface area is 111 Å². The molecule has 0 saturated carbocycles. The Morgan fingerprint density at radius 1 is 1.47 bits per heavy atom. The highest BCUT2D eigenvalue weighted by Gasteiger charge is 2.23. The zero-order chi connectivity index (χ0) is 12.4. The highest BCUT2D eigenvalue weighted by atomic mass is 79.9. The third kappa shape index (κ3) is 2.49. The van der Waals surface area contributed by atoms with Gasteiger partial charge in [0.15, 0.2) is 0 Å². The molecule has 17 heavy (non-hydrogen) atoms. The topological polar surface area (TPSA) is 30.5 Å². The van der Waals surface area contributed by atoms with Crippen LogP contribution in [0, 0.1) is 13.8 Å². The Morgan fingerprint density at radius 2 is 2.24 bits per heavy atom. The molecule has 94 valence electrons. The van der Waals surface area contributed by atoms with E-state index in [1.807, 2.05) is 0 Å². The van der Waals surface area contributed by atoms with Gasteiger partial charge in [0.2, 0.25) is 0 Å². The van der Waals surface area contributed by atoms with Crippen molar-refractivity contribution in [2.75, 3.05) is 26.8 Å². The van der Waals surface area contributed by atoms with Gasteiger partial charge < -0.3 is 14.8 Å². The molecule has 1 heterocycles. The second kappa shape index (κ2) is 5.38. The summed E-state index contributed by atoms with van der Waals surface area (Å²) in [6.45, 7) is 6.68. The molecule has 1 unspecified atom stereocenters. The van der Waals surface area contributed by atoms with Crippen LogP contribution < -0.4 is 10.1 Å². The first kappa shape index (κ1) is 12.9. The third-order valence-corrected chi connectivity index (χ3v) is 3.99. The molecule has 1 aliphatic rings. The average Bonchev–Trinajstić information content (AvgIpc) is 2.34. The molecule has 0 bridgehead atoms. The number of hydrogen-bond donors (Lipinski definition) is 1. The summed E-state index contributed by atoms with van der Waals surface area (Å²) < 4.78 is 12.5. The summed E-state index contributed by atoms with van der Waals surface area (Å²) in [7, 11) is 1.72. The van der Waals surface area contributed by atoms with Gasteiger partial charge in [-0.1, -0.05) is 15.9 Å². The third-order valence-electron chi connectivity index (χ3n) is 3.17. The number of halogens is 1. The van der Waals surface area contributed by atoms with Crippen LogP contribution >= 0.6 is 15.9 Å².